The van der Waals surface area contributed by atoms with Crippen LogP contribution in [0.15, 0.2) is 24.3 Å². The predicted octanol–water partition coefficient (Wildman–Crippen LogP) is 1.97. The predicted molar refractivity (Wildman–Crippen MR) is 81.3 cm³/mol. The van der Waals surface area contributed by atoms with Gasteiger partial charge in [0.15, 0.2) is 0 Å². The van der Waals surface area contributed by atoms with Crippen molar-refractivity contribution in [1.29, 1.82) is 0 Å². The lowest BCUT2D eigenvalue weighted by atomic mass is 10.0. The van der Waals surface area contributed by atoms with Crippen LogP contribution in [0.5, 0.6) is 0 Å². The van der Waals surface area contributed by atoms with Crippen LogP contribution in [0, 0.1) is 0 Å². The molecule has 0 saturated carbocycles. The first-order valence-corrected chi connectivity index (χ1v) is 8.41. The molecule has 1 atom stereocenters. The molecule has 0 fully saturated rings. The average molecular weight is 284 g/mol. The summed E-state index contributed by atoms with van der Waals surface area (Å²) in [5, 5.41) is 0. The Hall–Kier alpha value is -1.07. The summed E-state index contributed by atoms with van der Waals surface area (Å²) in [5.41, 5.74) is 8.28. The topological polar surface area (TPSA) is 63.4 Å². The van der Waals surface area contributed by atoms with Crippen molar-refractivity contribution in [3.8, 4) is 0 Å². The van der Waals surface area contributed by atoms with Gasteiger partial charge in [-0.2, -0.15) is 0 Å². The molecule has 2 N–H and O–H groups in total. The highest BCUT2D eigenvalue weighted by atomic mass is 32.2. The fourth-order valence-electron chi connectivity index (χ4n) is 1.87. The Morgan fingerprint density at radius 1 is 1.32 bits per heavy atom. The van der Waals surface area contributed by atoms with Gasteiger partial charge < -0.3 is 10.6 Å². The summed E-state index contributed by atoms with van der Waals surface area (Å²) in [6, 6.07) is 7.95. The fourth-order valence-corrected chi connectivity index (χ4v) is 2.76. The van der Waals surface area contributed by atoms with Crippen molar-refractivity contribution in [2.45, 2.75) is 25.8 Å². The molecule has 5 heteroatoms. The van der Waals surface area contributed by atoms with E-state index in [9.17, 15) is 8.42 Å². The van der Waals surface area contributed by atoms with Gasteiger partial charge in [0.2, 0.25) is 0 Å². The number of nitrogens with zero attached hydrogens (tertiary/aromatic N) is 1. The van der Waals surface area contributed by atoms with E-state index in [4.69, 9.17) is 5.73 Å². The van der Waals surface area contributed by atoms with Crippen molar-refractivity contribution >= 4 is 15.5 Å². The van der Waals surface area contributed by atoms with Crippen LogP contribution in [0.2, 0.25) is 0 Å². The molecule has 0 aliphatic carbocycles. The normalized spacial score (nSPS) is 13.3. The second-order valence-electron chi connectivity index (χ2n) is 4.97. The van der Waals surface area contributed by atoms with Gasteiger partial charge in [0, 0.05) is 31.6 Å². The monoisotopic (exact) mass is 284 g/mol. The molecule has 1 rings (SSSR count). The van der Waals surface area contributed by atoms with Gasteiger partial charge in [-0.1, -0.05) is 19.1 Å². The van der Waals surface area contributed by atoms with E-state index in [1.807, 2.05) is 37.2 Å². The minimum absolute atomic E-state index is 0.105. The van der Waals surface area contributed by atoms with Gasteiger partial charge in [-0.25, -0.2) is 8.42 Å². The Morgan fingerprint density at radius 2 is 2.00 bits per heavy atom. The van der Waals surface area contributed by atoms with E-state index in [1.165, 1.54) is 0 Å². The largest absolute Gasteiger partial charge is 0.378 e. The Bertz CT molecular complexity index is 498. The number of anilines is 1. The van der Waals surface area contributed by atoms with Crippen molar-refractivity contribution < 1.29 is 8.42 Å². The van der Waals surface area contributed by atoms with Crippen LogP contribution in [0.1, 0.15) is 31.4 Å². The first-order valence-electron chi connectivity index (χ1n) is 6.59. The summed E-state index contributed by atoms with van der Waals surface area (Å²) in [5.74, 6) is 0.433. The molecule has 108 valence electrons. The van der Waals surface area contributed by atoms with E-state index < -0.39 is 9.84 Å². The SMILES string of the molecule is CCS(=O)(=O)CCCC(N)c1cccc(N(C)C)c1. The molecule has 1 aromatic rings. The second-order valence-corrected chi connectivity index (χ2v) is 7.45. The second kappa shape index (κ2) is 6.91. The third kappa shape index (κ3) is 5.20. The molecule has 0 saturated heterocycles. The molecule has 0 bridgehead atoms. The summed E-state index contributed by atoms with van der Waals surface area (Å²) in [7, 11) is 1.09. The highest BCUT2D eigenvalue weighted by Gasteiger charge is 2.11. The van der Waals surface area contributed by atoms with Crippen LogP contribution >= 0.6 is 0 Å². The van der Waals surface area contributed by atoms with Crippen LogP contribution in [0.3, 0.4) is 0 Å². The number of sulfone groups is 1. The van der Waals surface area contributed by atoms with E-state index in [0.717, 1.165) is 11.3 Å². The summed E-state index contributed by atoms with van der Waals surface area (Å²) in [6.07, 6.45) is 1.31. The maximum Gasteiger partial charge on any atom is 0.150 e. The van der Waals surface area contributed by atoms with Gasteiger partial charge in [0.05, 0.1) is 5.75 Å². The Kier molecular flexibility index (Phi) is 5.82. The molecule has 19 heavy (non-hydrogen) atoms. The van der Waals surface area contributed by atoms with E-state index in [1.54, 1.807) is 6.92 Å². The number of benzene rings is 1. The van der Waals surface area contributed by atoms with Crippen molar-refractivity contribution in [2.24, 2.45) is 5.73 Å². The molecule has 1 aromatic carbocycles. The van der Waals surface area contributed by atoms with Crippen LogP contribution in [0.25, 0.3) is 0 Å². The third-order valence-electron chi connectivity index (χ3n) is 3.23. The molecule has 0 radical (unpaired) electrons. The van der Waals surface area contributed by atoms with E-state index in [0.29, 0.717) is 12.8 Å². The molecular weight excluding hydrogens is 260 g/mol. The van der Waals surface area contributed by atoms with E-state index in [-0.39, 0.29) is 17.5 Å². The summed E-state index contributed by atoms with van der Waals surface area (Å²) in [6.45, 7) is 1.68. The van der Waals surface area contributed by atoms with Gasteiger partial charge >= 0.3 is 0 Å². The number of nitrogens with two attached hydrogens (primary N) is 1. The first kappa shape index (κ1) is 16.0. The van der Waals surface area contributed by atoms with Gasteiger partial charge in [0.1, 0.15) is 9.84 Å². The van der Waals surface area contributed by atoms with Crippen LogP contribution < -0.4 is 10.6 Å². The summed E-state index contributed by atoms with van der Waals surface area (Å²) in [4.78, 5) is 2.03. The molecule has 0 aromatic heterocycles. The maximum atomic E-state index is 11.4. The third-order valence-corrected chi connectivity index (χ3v) is 5.02. The first-order chi connectivity index (χ1) is 8.85. The van der Waals surface area contributed by atoms with Crippen molar-refractivity contribution in [3.05, 3.63) is 29.8 Å². The lowest BCUT2D eigenvalue weighted by Gasteiger charge is -2.17. The molecule has 1 unspecified atom stereocenters. The van der Waals surface area contributed by atoms with Crippen molar-refractivity contribution in [1.82, 2.24) is 0 Å². The highest BCUT2D eigenvalue weighted by molar-refractivity contribution is 7.91. The molecule has 4 nitrogen and oxygen atoms in total. The number of hydrogen-bond acceptors (Lipinski definition) is 4. The van der Waals surface area contributed by atoms with Crippen molar-refractivity contribution in [2.75, 3.05) is 30.5 Å². The molecule has 0 spiro atoms. The number of hydrogen-bond donors (Lipinski definition) is 1. The van der Waals surface area contributed by atoms with Crippen LogP contribution in [0.4, 0.5) is 5.69 Å². The Morgan fingerprint density at radius 3 is 2.58 bits per heavy atom. The molecule has 0 aliphatic heterocycles. The molecule has 0 aliphatic rings. The van der Waals surface area contributed by atoms with Gasteiger partial charge in [-0.15, -0.1) is 0 Å². The van der Waals surface area contributed by atoms with E-state index >= 15 is 0 Å². The highest BCUT2D eigenvalue weighted by Crippen LogP contribution is 2.21. The number of rotatable bonds is 7. The Labute approximate surface area is 116 Å². The quantitative estimate of drug-likeness (QED) is 0.831. The lowest BCUT2D eigenvalue weighted by Crippen LogP contribution is -2.15. The van der Waals surface area contributed by atoms with Crippen molar-refractivity contribution in [3.63, 3.8) is 0 Å². The lowest BCUT2D eigenvalue weighted by molar-refractivity contribution is 0.584. The van der Waals surface area contributed by atoms with Crippen LogP contribution in [-0.4, -0.2) is 34.0 Å². The zero-order valence-corrected chi connectivity index (χ0v) is 12.8. The van der Waals surface area contributed by atoms with Gasteiger partial charge in [-0.05, 0) is 30.5 Å². The average Bonchev–Trinajstić information content (AvgIpc) is 2.38. The Balaban J connectivity index is 2.59. The maximum absolute atomic E-state index is 11.4. The van der Waals surface area contributed by atoms with Gasteiger partial charge in [0.25, 0.3) is 0 Å². The molecule has 0 heterocycles. The minimum Gasteiger partial charge on any atom is -0.378 e. The summed E-state index contributed by atoms with van der Waals surface area (Å²) >= 11 is 0. The smallest absolute Gasteiger partial charge is 0.150 e. The summed E-state index contributed by atoms with van der Waals surface area (Å²) < 4.78 is 22.8. The van der Waals surface area contributed by atoms with Crippen LogP contribution in [-0.2, 0) is 9.84 Å². The van der Waals surface area contributed by atoms with E-state index in [2.05, 4.69) is 6.07 Å². The van der Waals surface area contributed by atoms with Gasteiger partial charge in [-0.3, -0.25) is 0 Å². The molecule has 0 amide bonds. The minimum atomic E-state index is -2.88. The fraction of sp³-hybridized carbons (Fsp3) is 0.571. The zero-order chi connectivity index (χ0) is 14.5. The molecular formula is C14H24N2O2S. The standard InChI is InChI=1S/C14H24N2O2S/c1-4-19(17,18)10-6-9-14(15)12-7-5-8-13(11-12)16(2)3/h5,7-8,11,14H,4,6,9-10,15H2,1-3H3. The zero-order valence-electron chi connectivity index (χ0n) is 12.0.